The molecule has 0 saturated carbocycles. The number of nitrogens with one attached hydrogen (secondary N) is 1. The third kappa shape index (κ3) is 4.77. The van der Waals surface area contributed by atoms with E-state index >= 15 is 0 Å². The summed E-state index contributed by atoms with van der Waals surface area (Å²) >= 11 is 11.6. The van der Waals surface area contributed by atoms with Crippen molar-refractivity contribution >= 4 is 29.1 Å². The van der Waals surface area contributed by atoms with E-state index in [0.717, 1.165) is 0 Å². The molecule has 0 heterocycles. The Balaban J connectivity index is 2.65. The van der Waals surface area contributed by atoms with E-state index in [2.05, 4.69) is 11.9 Å². The number of hydrogen-bond donors (Lipinski definition) is 2. The van der Waals surface area contributed by atoms with Crippen molar-refractivity contribution in [3.05, 3.63) is 46.5 Å². The van der Waals surface area contributed by atoms with Gasteiger partial charge in [0.05, 0.1) is 12.5 Å². The number of carbonyl (C=O) groups is 1. The number of halogens is 2. The molecule has 0 bridgehead atoms. The van der Waals surface area contributed by atoms with Gasteiger partial charge in [-0.05, 0) is 23.8 Å². The van der Waals surface area contributed by atoms with E-state index < -0.39 is 6.10 Å². The van der Waals surface area contributed by atoms with E-state index in [1.807, 2.05) is 0 Å². The fraction of sp³-hybridized carbons (Fsp3) is 0.250. The Kier molecular flexibility index (Phi) is 5.48. The molecule has 0 aliphatic heterocycles. The smallest absolute Gasteiger partial charge is 0.223 e. The molecule has 1 aromatic carbocycles. The fourth-order valence-electron chi connectivity index (χ4n) is 1.32. The Labute approximate surface area is 110 Å². The lowest BCUT2D eigenvalue weighted by atomic mass is 10.1. The standard InChI is InChI=1S/C12H13Cl2NO2/c1-2-3-15-12(17)7-11(16)8-4-9(13)6-10(14)5-8/h2,4-6,11,16H,1,3,7H2,(H,15,17). The van der Waals surface area contributed by atoms with E-state index in [4.69, 9.17) is 23.2 Å². The summed E-state index contributed by atoms with van der Waals surface area (Å²) in [6.45, 7) is 3.86. The van der Waals surface area contributed by atoms with Gasteiger partial charge in [0.15, 0.2) is 0 Å². The van der Waals surface area contributed by atoms with Gasteiger partial charge in [0.2, 0.25) is 5.91 Å². The summed E-state index contributed by atoms with van der Waals surface area (Å²) in [6, 6.07) is 4.73. The van der Waals surface area contributed by atoms with Crippen LogP contribution in [0.15, 0.2) is 30.9 Å². The van der Waals surface area contributed by atoms with Gasteiger partial charge in [-0.2, -0.15) is 0 Å². The first kappa shape index (κ1) is 14.0. The van der Waals surface area contributed by atoms with Crippen LogP contribution in [0.5, 0.6) is 0 Å². The van der Waals surface area contributed by atoms with E-state index in [9.17, 15) is 9.90 Å². The Morgan fingerprint density at radius 1 is 1.41 bits per heavy atom. The van der Waals surface area contributed by atoms with Gasteiger partial charge < -0.3 is 10.4 Å². The van der Waals surface area contributed by atoms with Crippen molar-refractivity contribution < 1.29 is 9.90 Å². The quantitative estimate of drug-likeness (QED) is 0.811. The van der Waals surface area contributed by atoms with E-state index in [1.54, 1.807) is 24.3 Å². The van der Waals surface area contributed by atoms with Crippen LogP contribution in [0.2, 0.25) is 10.0 Å². The monoisotopic (exact) mass is 273 g/mol. The molecule has 0 spiro atoms. The second kappa shape index (κ2) is 6.64. The first-order valence-electron chi connectivity index (χ1n) is 5.04. The van der Waals surface area contributed by atoms with Gasteiger partial charge in [0.1, 0.15) is 0 Å². The first-order valence-corrected chi connectivity index (χ1v) is 5.80. The minimum atomic E-state index is -0.920. The van der Waals surface area contributed by atoms with Crippen LogP contribution in [0.25, 0.3) is 0 Å². The zero-order chi connectivity index (χ0) is 12.8. The van der Waals surface area contributed by atoms with Crippen LogP contribution in [0.4, 0.5) is 0 Å². The zero-order valence-corrected chi connectivity index (χ0v) is 10.6. The third-order valence-corrected chi connectivity index (χ3v) is 2.53. The average molecular weight is 274 g/mol. The highest BCUT2D eigenvalue weighted by Gasteiger charge is 2.13. The maximum Gasteiger partial charge on any atom is 0.223 e. The molecule has 2 N–H and O–H groups in total. The zero-order valence-electron chi connectivity index (χ0n) is 9.12. The van der Waals surface area contributed by atoms with Crippen LogP contribution in [0.1, 0.15) is 18.1 Å². The third-order valence-electron chi connectivity index (χ3n) is 2.09. The van der Waals surface area contributed by atoms with Gasteiger partial charge in [-0.25, -0.2) is 0 Å². The van der Waals surface area contributed by atoms with Crippen molar-refractivity contribution in [2.75, 3.05) is 6.54 Å². The Morgan fingerprint density at radius 3 is 2.53 bits per heavy atom. The second-order valence-electron chi connectivity index (χ2n) is 3.52. The molecule has 92 valence electrons. The largest absolute Gasteiger partial charge is 0.388 e. The summed E-state index contributed by atoms with van der Waals surface area (Å²) < 4.78 is 0. The molecule has 0 radical (unpaired) electrons. The van der Waals surface area contributed by atoms with Gasteiger partial charge in [0.25, 0.3) is 0 Å². The second-order valence-corrected chi connectivity index (χ2v) is 4.39. The molecule has 0 aliphatic rings. The molecule has 1 amide bonds. The van der Waals surface area contributed by atoms with Crippen LogP contribution in [-0.2, 0) is 4.79 Å². The summed E-state index contributed by atoms with van der Waals surface area (Å²) in [4.78, 5) is 11.4. The highest BCUT2D eigenvalue weighted by atomic mass is 35.5. The molecular weight excluding hydrogens is 261 g/mol. The molecule has 0 fully saturated rings. The molecule has 1 aromatic rings. The predicted octanol–water partition coefficient (Wildman–Crippen LogP) is 2.72. The SMILES string of the molecule is C=CCNC(=O)CC(O)c1cc(Cl)cc(Cl)c1. The summed E-state index contributed by atoms with van der Waals surface area (Å²) in [5.41, 5.74) is 0.524. The van der Waals surface area contributed by atoms with E-state index in [-0.39, 0.29) is 12.3 Å². The molecule has 1 rings (SSSR count). The molecule has 17 heavy (non-hydrogen) atoms. The number of carbonyl (C=O) groups excluding carboxylic acids is 1. The maximum absolute atomic E-state index is 11.4. The van der Waals surface area contributed by atoms with Gasteiger partial charge in [-0.3, -0.25) is 4.79 Å². The van der Waals surface area contributed by atoms with Crippen molar-refractivity contribution in [3.63, 3.8) is 0 Å². The summed E-state index contributed by atoms with van der Waals surface area (Å²) in [6.07, 6.45) is 0.612. The molecule has 0 aliphatic carbocycles. The molecular formula is C12H13Cl2NO2. The minimum Gasteiger partial charge on any atom is -0.388 e. The minimum absolute atomic E-state index is 0.0372. The van der Waals surface area contributed by atoms with Crippen molar-refractivity contribution in [1.82, 2.24) is 5.32 Å². The molecule has 0 saturated heterocycles. The van der Waals surface area contributed by atoms with Crippen molar-refractivity contribution in [2.24, 2.45) is 0 Å². The number of hydrogen-bond acceptors (Lipinski definition) is 2. The highest BCUT2D eigenvalue weighted by Crippen LogP contribution is 2.25. The van der Waals surface area contributed by atoms with E-state index in [1.165, 1.54) is 0 Å². The number of benzene rings is 1. The summed E-state index contributed by atoms with van der Waals surface area (Å²) in [7, 11) is 0. The summed E-state index contributed by atoms with van der Waals surface area (Å²) in [5, 5.41) is 13.3. The van der Waals surface area contributed by atoms with Gasteiger partial charge >= 0.3 is 0 Å². The highest BCUT2D eigenvalue weighted by molar-refractivity contribution is 6.34. The van der Waals surface area contributed by atoms with Gasteiger partial charge in [-0.15, -0.1) is 6.58 Å². The van der Waals surface area contributed by atoms with Crippen LogP contribution in [0, 0.1) is 0 Å². The number of amides is 1. The average Bonchev–Trinajstić information content (AvgIpc) is 2.25. The Bertz CT molecular complexity index is 401. The molecule has 1 atom stereocenters. The van der Waals surface area contributed by atoms with E-state index in [0.29, 0.717) is 22.2 Å². The Hall–Kier alpha value is -1.03. The van der Waals surface area contributed by atoms with Crippen LogP contribution < -0.4 is 5.32 Å². The van der Waals surface area contributed by atoms with Crippen molar-refractivity contribution in [2.45, 2.75) is 12.5 Å². The topological polar surface area (TPSA) is 49.3 Å². The summed E-state index contributed by atoms with van der Waals surface area (Å²) in [5.74, 6) is -0.256. The lowest BCUT2D eigenvalue weighted by Gasteiger charge is -2.11. The normalized spacial score (nSPS) is 11.9. The van der Waals surface area contributed by atoms with Crippen molar-refractivity contribution in [1.29, 1.82) is 0 Å². The molecule has 0 aromatic heterocycles. The first-order chi connectivity index (χ1) is 8.02. The Morgan fingerprint density at radius 2 is 2.00 bits per heavy atom. The van der Waals surface area contributed by atoms with Crippen LogP contribution in [-0.4, -0.2) is 17.6 Å². The van der Waals surface area contributed by atoms with Gasteiger partial charge in [-0.1, -0.05) is 29.3 Å². The molecule has 3 nitrogen and oxygen atoms in total. The fourth-order valence-corrected chi connectivity index (χ4v) is 1.86. The number of aliphatic hydroxyl groups excluding tert-OH is 1. The lowest BCUT2D eigenvalue weighted by Crippen LogP contribution is -2.24. The van der Waals surface area contributed by atoms with Crippen molar-refractivity contribution in [3.8, 4) is 0 Å². The van der Waals surface area contributed by atoms with Crippen LogP contribution in [0.3, 0.4) is 0 Å². The number of rotatable bonds is 5. The molecule has 5 heteroatoms. The van der Waals surface area contributed by atoms with Crippen LogP contribution >= 0.6 is 23.2 Å². The maximum atomic E-state index is 11.4. The van der Waals surface area contributed by atoms with Gasteiger partial charge in [0, 0.05) is 16.6 Å². The number of aliphatic hydroxyl groups is 1. The molecule has 1 unspecified atom stereocenters. The predicted molar refractivity (Wildman–Crippen MR) is 69.2 cm³/mol. The lowest BCUT2D eigenvalue weighted by molar-refractivity contribution is -0.122.